The molecule has 1 rings (SSSR count). The Kier molecular flexibility index (Phi) is 8.04. The molecule has 1 aromatic heterocycles. The van der Waals surface area contributed by atoms with Crippen LogP contribution >= 0.6 is 24.0 Å². The van der Waals surface area contributed by atoms with Crippen molar-refractivity contribution in [3.8, 4) is 0 Å². The third-order valence-corrected chi connectivity index (χ3v) is 2.84. The van der Waals surface area contributed by atoms with Crippen LogP contribution in [-0.2, 0) is 19.8 Å². The molecule has 1 aromatic rings. The molecule has 0 saturated carbocycles. The van der Waals surface area contributed by atoms with Gasteiger partial charge in [-0.05, 0) is 13.3 Å². The summed E-state index contributed by atoms with van der Waals surface area (Å²) in [6, 6.07) is 0.192. The van der Waals surface area contributed by atoms with E-state index in [0.29, 0.717) is 5.96 Å². The minimum absolute atomic E-state index is 0. The minimum atomic E-state index is -4.45. The lowest BCUT2D eigenvalue weighted by Gasteiger charge is -2.16. The molecule has 1 atom stereocenters. The molecule has 0 bridgehead atoms. The Labute approximate surface area is 139 Å². The van der Waals surface area contributed by atoms with Crippen LogP contribution in [0.3, 0.4) is 0 Å². The molecule has 0 spiro atoms. The molecular weight excluding hydrogens is 398 g/mol. The van der Waals surface area contributed by atoms with Crippen LogP contribution in [0, 0.1) is 0 Å². The summed E-state index contributed by atoms with van der Waals surface area (Å²) in [6.07, 6.45) is -2.21. The van der Waals surface area contributed by atoms with Gasteiger partial charge in [-0.3, -0.25) is 9.67 Å². The standard InChI is InChI=1S/C12H20F3N5.HI/c1-5-8(2)18-11(16-3)17-6-9-7-20(4)19-10(9)12(13,14)15;/h7-8H,5-6H2,1-4H3,(H2,16,17,18);1H. The predicted molar refractivity (Wildman–Crippen MR) is 86.7 cm³/mol. The maximum absolute atomic E-state index is 12.8. The second kappa shape index (κ2) is 8.44. The Hall–Kier alpha value is -1.00. The summed E-state index contributed by atoms with van der Waals surface area (Å²) in [5, 5.41) is 9.40. The van der Waals surface area contributed by atoms with Crippen LogP contribution in [0.4, 0.5) is 13.2 Å². The average molecular weight is 419 g/mol. The van der Waals surface area contributed by atoms with Gasteiger partial charge >= 0.3 is 6.18 Å². The van der Waals surface area contributed by atoms with E-state index >= 15 is 0 Å². The highest BCUT2D eigenvalue weighted by Crippen LogP contribution is 2.30. The Morgan fingerprint density at radius 1 is 1.48 bits per heavy atom. The molecule has 21 heavy (non-hydrogen) atoms. The molecule has 1 unspecified atom stereocenters. The molecule has 0 saturated heterocycles. The number of halogens is 4. The quantitative estimate of drug-likeness (QED) is 0.448. The van der Waals surface area contributed by atoms with Crippen LogP contribution in [-0.4, -0.2) is 28.8 Å². The molecule has 122 valence electrons. The molecular formula is C12H21F3IN5. The summed E-state index contributed by atoms with van der Waals surface area (Å²) in [7, 11) is 3.04. The summed E-state index contributed by atoms with van der Waals surface area (Å²) >= 11 is 0. The van der Waals surface area contributed by atoms with Crippen molar-refractivity contribution in [2.75, 3.05) is 7.05 Å². The van der Waals surface area contributed by atoms with Gasteiger partial charge in [0.2, 0.25) is 0 Å². The molecule has 0 fully saturated rings. The summed E-state index contributed by atoms with van der Waals surface area (Å²) in [6.45, 7) is 3.99. The molecule has 0 aromatic carbocycles. The van der Waals surface area contributed by atoms with E-state index in [4.69, 9.17) is 0 Å². The number of aliphatic imine (C=N–C) groups is 1. The van der Waals surface area contributed by atoms with Crippen LogP contribution in [0.15, 0.2) is 11.2 Å². The van der Waals surface area contributed by atoms with Gasteiger partial charge in [-0.25, -0.2) is 0 Å². The molecule has 9 heteroatoms. The van der Waals surface area contributed by atoms with Crippen LogP contribution in [0.1, 0.15) is 31.5 Å². The van der Waals surface area contributed by atoms with Gasteiger partial charge in [-0.1, -0.05) is 6.92 Å². The normalized spacial score (nSPS) is 13.6. The van der Waals surface area contributed by atoms with Crippen LogP contribution < -0.4 is 10.6 Å². The fourth-order valence-corrected chi connectivity index (χ4v) is 1.61. The molecule has 2 N–H and O–H groups in total. The van der Waals surface area contributed by atoms with Crippen molar-refractivity contribution in [2.24, 2.45) is 12.0 Å². The molecule has 0 aliphatic rings. The molecule has 0 aliphatic carbocycles. The first kappa shape index (κ1) is 20.0. The number of rotatable bonds is 4. The van der Waals surface area contributed by atoms with Gasteiger partial charge < -0.3 is 10.6 Å². The van der Waals surface area contributed by atoms with E-state index in [0.717, 1.165) is 11.1 Å². The van der Waals surface area contributed by atoms with E-state index in [2.05, 4.69) is 20.7 Å². The maximum Gasteiger partial charge on any atom is 0.435 e. The number of aryl methyl sites for hydroxylation is 1. The van der Waals surface area contributed by atoms with Crippen molar-refractivity contribution in [3.63, 3.8) is 0 Å². The van der Waals surface area contributed by atoms with E-state index < -0.39 is 11.9 Å². The zero-order valence-corrected chi connectivity index (χ0v) is 14.8. The monoisotopic (exact) mass is 419 g/mol. The van der Waals surface area contributed by atoms with Crippen LogP contribution in [0.5, 0.6) is 0 Å². The fourth-order valence-electron chi connectivity index (χ4n) is 1.61. The number of hydrogen-bond acceptors (Lipinski definition) is 2. The Morgan fingerprint density at radius 2 is 2.10 bits per heavy atom. The molecule has 1 heterocycles. The summed E-state index contributed by atoms with van der Waals surface area (Å²) in [5.74, 6) is 0.469. The van der Waals surface area contributed by atoms with Crippen molar-refractivity contribution in [1.82, 2.24) is 20.4 Å². The Bertz CT molecular complexity index is 470. The lowest BCUT2D eigenvalue weighted by atomic mass is 10.2. The van der Waals surface area contributed by atoms with Crippen molar-refractivity contribution in [3.05, 3.63) is 17.5 Å². The number of guanidine groups is 1. The first-order valence-corrected chi connectivity index (χ1v) is 6.34. The SMILES string of the molecule is CCC(C)NC(=NC)NCc1cn(C)nc1C(F)(F)F.I. The summed E-state index contributed by atoms with van der Waals surface area (Å²) < 4.78 is 39.5. The van der Waals surface area contributed by atoms with E-state index in [1.165, 1.54) is 13.2 Å². The van der Waals surface area contributed by atoms with Gasteiger partial charge in [0, 0.05) is 38.4 Å². The first-order valence-electron chi connectivity index (χ1n) is 6.34. The number of hydrogen-bond donors (Lipinski definition) is 2. The zero-order valence-electron chi connectivity index (χ0n) is 12.5. The van der Waals surface area contributed by atoms with Gasteiger partial charge in [-0.2, -0.15) is 18.3 Å². The van der Waals surface area contributed by atoms with Crippen molar-refractivity contribution in [1.29, 1.82) is 0 Å². The highest BCUT2D eigenvalue weighted by Gasteiger charge is 2.36. The number of nitrogens with one attached hydrogen (secondary N) is 2. The Balaban J connectivity index is 0.00000400. The van der Waals surface area contributed by atoms with E-state index in [1.54, 1.807) is 7.05 Å². The molecule has 0 aliphatic heterocycles. The van der Waals surface area contributed by atoms with Gasteiger partial charge in [0.25, 0.3) is 0 Å². The lowest BCUT2D eigenvalue weighted by Crippen LogP contribution is -2.41. The topological polar surface area (TPSA) is 54.2 Å². The fraction of sp³-hybridized carbons (Fsp3) is 0.667. The molecule has 0 amide bonds. The second-order valence-electron chi connectivity index (χ2n) is 4.55. The van der Waals surface area contributed by atoms with Gasteiger partial charge in [0.1, 0.15) is 0 Å². The van der Waals surface area contributed by atoms with E-state index in [1.807, 2.05) is 13.8 Å². The van der Waals surface area contributed by atoms with Crippen molar-refractivity contribution < 1.29 is 13.2 Å². The smallest absolute Gasteiger partial charge is 0.354 e. The van der Waals surface area contributed by atoms with Crippen molar-refractivity contribution in [2.45, 2.75) is 39.0 Å². The number of nitrogens with zero attached hydrogens (tertiary/aromatic N) is 3. The van der Waals surface area contributed by atoms with Gasteiger partial charge in [-0.15, -0.1) is 24.0 Å². The van der Waals surface area contributed by atoms with E-state index in [-0.39, 0.29) is 42.1 Å². The van der Waals surface area contributed by atoms with Crippen molar-refractivity contribution >= 4 is 29.9 Å². The Morgan fingerprint density at radius 3 is 2.57 bits per heavy atom. The summed E-state index contributed by atoms with van der Waals surface area (Å²) in [5.41, 5.74) is -0.779. The lowest BCUT2D eigenvalue weighted by molar-refractivity contribution is -0.142. The minimum Gasteiger partial charge on any atom is -0.354 e. The van der Waals surface area contributed by atoms with Crippen LogP contribution in [0.25, 0.3) is 0 Å². The third-order valence-electron chi connectivity index (χ3n) is 2.84. The molecule has 5 nitrogen and oxygen atoms in total. The summed E-state index contributed by atoms with van der Waals surface area (Å²) in [4.78, 5) is 3.98. The zero-order chi connectivity index (χ0) is 15.3. The maximum atomic E-state index is 12.8. The van der Waals surface area contributed by atoms with Gasteiger partial charge in [0.15, 0.2) is 11.7 Å². The average Bonchev–Trinajstić information content (AvgIpc) is 2.75. The molecule has 0 radical (unpaired) electrons. The third kappa shape index (κ3) is 6.10. The van der Waals surface area contributed by atoms with Crippen LogP contribution in [0.2, 0.25) is 0 Å². The number of aromatic nitrogens is 2. The van der Waals surface area contributed by atoms with Gasteiger partial charge in [0.05, 0.1) is 0 Å². The van der Waals surface area contributed by atoms with E-state index in [9.17, 15) is 13.2 Å². The highest BCUT2D eigenvalue weighted by atomic mass is 127. The first-order chi connectivity index (χ1) is 9.27. The predicted octanol–water partition coefficient (Wildman–Crippen LogP) is 2.52. The largest absolute Gasteiger partial charge is 0.435 e. The number of alkyl halides is 3. The second-order valence-corrected chi connectivity index (χ2v) is 4.55. The highest BCUT2D eigenvalue weighted by molar-refractivity contribution is 14.0.